The van der Waals surface area contributed by atoms with Crippen LogP contribution in [-0.2, 0) is 14.5 Å². The zero-order valence-electron chi connectivity index (χ0n) is 18.3. The maximum Gasteiger partial charge on any atom is 0.421 e. The molecule has 1 aromatic carbocycles. The Morgan fingerprint density at radius 2 is 2.03 bits per heavy atom. The van der Waals surface area contributed by atoms with Crippen molar-refractivity contribution in [1.82, 2.24) is 9.71 Å². The predicted octanol–water partition coefficient (Wildman–Crippen LogP) is 2.48. The number of nitrogens with two attached hydrogens (primary N) is 1. The minimum absolute atomic E-state index is 0.129. The van der Waals surface area contributed by atoms with Gasteiger partial charge >= 0.3 is 16.4 Å². The van der Waals surface area contributed by atoms with Crippen LogP contribution in [-0.4, -0.2) is 53.1 Å². The van der Waals surface area contributed by atoms with Crippen LogP contribution < -0.4 is 24.8 Å². The summed E-state index contributed by atoms with van der Waals surface area (Å²) in [7, 11) is -2.70. The molecule has 1 aliphatic carbocycles. The van der Waals surface area contributed by atoms with Gasteiger partial charge in [0, 0.05) is 43.0 Å². The Morgan fingerprint density at radius 1 is 1.30 bits per heavy atom. The number of fused-ring (bicyclic) bond motifs is 1. The van der Waals surface area contributed by atoms with Crippen molar-refractivity contribution in [2.24, 2.45) is 17.1 Å². The van der Waals surface area contributed by atoms with E-state index in [-0.39, 0.29) is 12.0 Å². The number of rotatable bonds is 9. The van der Waals surface area contributed by atoms with Crippen molar-refractivity contribution in [2.45, 2.75) is 25.7 Å². The number of halogens is 1. The van der Waals surface area contributed by atoms with Gasteiger partial charge in [-0.25, -0.2) is 9.18 Å². The lowest BCUT2D eigenvalue weighted by molar-refractivity contribution is 0.185. The smallest absolute Gasteiger partial charge is 0.421 e. The van der Waals surface area contributed by atoms with Crippen LogP contribution in [0.15, 0.2) is 24.4 Å². The Hall–Kier alpha value is -2.86. The third kappa shape index (κ3) is 5.06. The molecular formula is C21H27FN4O6S. The standard InChI is InChI=1S/C21H27FN4O6S/c1-30-18-11-16-15(10-19(18)31-13-22)17(2-7-24-16)26-8-3-14(4-9-26)21(5-6-21)12-25-33(28,29)32-20(23)27/h2,7,10-11,14,25H,3-6,8-9,12-13H2,1H3,(H2,23,27). The number of ether oxygens (including phenoxy) is 2. The molecule has 1 aliphatic heterocycles. The number of pyridine rings is 1. The fourth-order valence-electron chi connectivity index (χ4n) is 4.74. The highest BCUT2D eigenvalue weighted by molar-refractivity contribution is 7.85. The average molecular weight is 483 g/mol. The number of nitrogens with zero attached hydrogens (tertiary/aromatic N) is 2. The maximum absolute atomic E-state index is 12.8. The number of carbonyl (C=O) groups excluding carboxylic acids is 1. The average Bonchev–Trinajstić information content (AvgIpc) is 3.58. The molecule has 33 heavy (non-hydrogen) atoms. The van der Waals surface area contributed by atoms with E-state index in [0.29, 0.717) is 17.4 Å². The number of hydrogen-bond acceptors (Lipinski definition) is 8. The number of aromatic nitrogens is 1. The minimum Gasteiger partial charge on any atom is -0.493 e. The van der Waals surface area contributed by atoms with E-state index >= 15 is 0 Å². The first-order valence-electron chi connectivity index (χ1n) is 10.7. The number of nitrogens with one attached hydrogen (secondary N) is 1. The predicted molar refractivity (Wildman–Crippen MR) is 119 cm³/mol. The van der Waals surface area contributed by atoms with Gasteiger partial charge in [-0.3, -0.25) is 4.98 Å². The molecule has 1 saturated heterocycles. The lowest BCUT2D eigenvalue weighted by Crippen LogP contribution is -2.41. The summed E-state index contributed by atoms with van der Waals surface area (Å²) < 4.78 is 53.3. The first kappa shape index (κ1) is 23.3. The molecule has 180 valence electrons. The summed E-state index contributed by atoms with van der Waals surface area (Å²) >= 11 is 0. The highest BCUT2D eigenvalue weighted by Gasteiger charge is 2.50. The summed E-state index contributed by atoms with van der Waals surface area (Å²) in [6.45, 7) is 0.817. The van der Waals surface area contributed by atoms with Crippen LogP contribution in [0.4, 0.5) is 14.9 Å². The van der Waals surface area contributed by atoms with Gasteiger partial charge in [-0.05, 0) is 49.1 Å². The number of methoxy groups -OCH3 is 1. The number of piperidine rings is 1. The van der Waals surface area contributed by atoms with Crippen LogP contribution in [0.25, 0.3) is 10.9 Å². The molecule has 1 saturated carbocycles. The van der Waals surface area contributed by atoms with Gasteiger partial charge < -0.3 is 24.3 Å². The van der Waals surface area contributed by atoms with Crippen LogP contribution in [0.2, 0.25) is 0 Å². The first-order valence-corrected chi connectivity index (χ1v) is 12.1. The third-order valence-corrected chi connectivity index (χ3v) is 7.48. The van der Waals surface area contributed by atoms with Crippen molar-refractivity contribution in [3.05, 3.63) is 24.4 Å². The lowest BCUT2D eigenvalue weighted by atomic mass is 9.81. The highest BCUT2D eigenvalue weighted by atomic mass is 32.2. The van der Waals surface area contributed by atoms with Gasteiger partial charge in [0.25, 0.3) is 0 Å². The second-order valence-corrected chi connectivity index (χ2v) is 9.77. The number of alkyl halides is 1. The molecule has 2 fully saturated rings. The number of anilines is 1. The quantitative estimate of drug-likeness (QED) is 0.557. The molecule has 2 heterocycles. The van der Waals surface area contributed by atoms with Crippen LogP contribution in [0.5, 0.6) is 11.5 Å². The fraction of sp³-hybridized carbons (Fsp3) is 0.524. The number of amides is 1. The number of carbonyl (C=O) groups is 1. The Labute approximate surface area is 191 Å². The summed E-state index contributed by atoms with van der Waals surface area (Å²) in [5.74, 6) is 1.07. The molecule has 2 aliphatic rings. The van der Waals surface area contributed by atoms with Crippen molar-refractivity contribution in [3.63, 3.8) is 0 Å². The Bertz CT molecular complexity index is 1130. The van der Waals surface area contributed by atoms with E-state index in [0.717, 1.165) is 55.4 Å². The molecular weight excluding hydrogens is 455 g/mol. The zero-order valence-corrected chi connectivity index (χ0v) is 19.1. The van der Waals surface area contributed by atoms with E-state index in [9.17, 15) is 17.6 Å². The van der Waals surface area contributed by atoms with E-state index in [1.165, 1.54) is 7.11 Å². The Balaban J connectivity index is 1.46. The van der Waals surface area contributed by atoms with Crippen molar-refractivity contribution in [2.75, 3.05) is 38.5 Å². The van der Waals surface area contributed by atoms with Crippen LogP contribution in [0.3, 0.4) is 0 Å². The van der Waals surface area contributed by atoms with Crippen molar-refractivity contribution in [3.8, 4) is 11.5 Å². The van der Waals surface area contributed by atoms with E-state index < -0.39 is 23.3 Å². The molecule has 0 unspecified atom stereocenters. The van der Waals surface area contributed by atoms with Crippen molar-refractivity contribution < 1.29 is 31.3 Å². The third-order valence-electron chi connectivity index (χ3n) is 6.60. The SMILES string of the molecule is COc1cc2nccc(N3CCC(C4(CNS(=O)(=O)OC(N)=O)CC4)CC3)c2cc1OCF. The molecule has 12 heteroatoms. The number of primary amides is 1. The van der Waals surface area contributed by atoms with Crippen molar-refractivity contribution in [1.29, 1.82) is 0 Å². The Morgan fingerprint density at radius 3 is 2.64 bits per heavy atom. The summed E-state index contributed by atoms with van der Waals surface area (Å²) in [6, 6.07) is 5.41. The highest BCUT2D eigenvalue weighted by Crippen LogP contribution is 2.55. The Kier molecular flexibility index (Phi) is 6.48. The molecule has 1 aromatic heterocycles. The van der Waals surface area contributed by atoms with Crippen LogP contribution in [0, 0.1) is 11.3 Å². The largest absolute Gasteiger partial charge is 0.493 e. The molecule has 0 bridgehead atoms. The zero-order chi connectivity index (χ0) is 23.6. The van der Waals surface area contributed by atoms with E-state index in [1.54, 1.807) is 18.3 Å². The number of benzene rings is 1. The normalized spacial score (nSPS) is 18.2. The molecule has 0 atom stereocenters. The second kappa shape index (κ2) is 9.18. The van der Waals surface area contributed by atoms with E-state index in [2.05, 4.69) is 18.8 Å². The van der Waals surface area contributed by atoms with E-state index in [1.807, 2.05) is 6.07 Å². The first-order chi connectivity index (χ1) is 15.8. The molecule has 2 aromatic rings. The topological polar surface area (TPSA) is 133 Å². The molecule has 10 nitrogen and oxygen atoms in total. The van der Waals surface area contributed by atoms with Crippen molar-refractivity contribution >= 4 is 33.0 Å². The van der Waals surface area contributed by atoms with Crippen LogP contribution >= 0.6 is 0 Å². The molecule has 0 spiro atoms. The maximum atomic E-state index is 12.8. The summed E-state index contributed by atoms with van der Waals surface area (Å²) in [6.07, 6.45) is 3.97. The molecule has 1 amide bonds. The summed E-state index contributed by atoms with van der Waals surface area (Å²) in [4.78, 5) is 17.4. The fourth-order valence-corrected chi connectivity index (χ4v) is 5.48. The van der Waals surface area contributed by atoms with Gasteiger partial charge in [-0.1, -0.05) is 0 Å². The van der Waals surface area contributed by atoms with Gasteiger partial charge in [0.1, 0.15) is 0 Å². The lowest BCUT2D eigenvalue weighted by Gasteiger charge is -2.38. The molecule has 0 radical (unpaired) electrons. The minimum atomic E-state index is -4.20. The van der Waals surface area contributed by atoms with Gasteiger partial charge in [-0.15, -0.1) is 0 Å². The van der Waals surface area contributed by atoms with Gasteiger partial charge in [0.2, 0.25) is 6.86 Å². The second-order valence-electron chi connectivity index (χ2n) is 8.41. The van der Waals surface area contributed by atoms with Gasteiger partial charge in [0.15, 0.2) is 11.5 Å². The summed E-state index contributed by atoms with van der Waals surface area (Å²) in [5.41, 5.74) is 6.38. The van der Waals surface area contributed by atoms with E-state index in [4.69, 9.17) is 15.2 Å². The number of hydrogen-bond donors (Lipinski definition) is 2. The monoisotopic (exact) mass is 482 g/mol. The summed E-state index contributed by atoms with van der Waals surface area (Å²) in [5, 5.41) is 0.845. The van der Waals surface area contributed by atoms with Gasteiger partial charge in [-0.2, -0.15) is 13.1 Å². The molecule has 3 N–H and O–H groups in total. The van der Waals surface area contributed by atoms with Gasteiger partial charge in [0.05, 0.1) is 12.6 Å². The van der Waals surface area contributed by atoms with Crippen LogP contribution in [0.1, 0.15) is 25.7 Å². The molecule has 4 rings (SSSR count).